The smallest absolute Gasteiger partial charge is 0.126 e. The van der Waals surface area contributed by atoms with E-state index in [1.807, 2.05) is 0 Å². The van der Waals surface area contributed by atoms with E-state index in [0.717, 1.165) is 6.07 Å². The molecular weight excluding hydrogens is 93.1 g/mol. The zero-order valence-electron chi connectivity index (χ0n) is 4.56. The number of halogens is 1. The second-order valence-corrected chi connectivity index (χ2v) is 1.10. The molecule has 0 spiro atoms. The zero-order valence-corrected chi connectivity index (χ0v) is 3.56. The van der Waals surface area contributed by atoms with Crippen LogP contribution in [0.4, 0.5) is 4.39 Å². The first-order chi connectivity index (χ1) is 3.79. The van der Waals surface area contributed by atoms with Crippen molar-refractivity contribution in [3.8, 4) is 0 Å². The minimum absolute atomic E-state index is 0.0370. The molecule has 0 atom stereocenters. The van der Waals surface area contributed by atoms with Crippen LogP contribution in [0.15, 0.2) is 24.5 Å². The molecule has 1 nitrogen and oxygen atoms in total. The Labute approximate surface area is 42.2 Å². The van der Waals surface area contributed by atoms with E-state index < -0.39 is 5.82 Å². The molecular formula is C5H4FN. The summed E-state index contributed by atoms with van der Waals surface area (Å²) in [5, 5.41) is 0. The van der Waals surface area contributed by atoms with Crippen LogP contribution in [0.25, 0.3) is 0 Å². The molecule has 1 aromatic rings. The number of pyridine rings is 1. The van der Waals surface area contributed by atoms with Gasteiger partial charge in [-0.1, -0.05) is 0 Å². The molecule has 0 bridgehead atoms. The third-order valence-electron chi connectivity index (χ3n) is 0.585. The minimum atomic E-state index is -0.412. The highest BCUT2D eigenvalue weighted by molar-refractivity contribution is 4.92. The summed E-state index contributed by atoms with van der Waals surface area (Å²) in [5.41, 5.74) is 0. The van der Waals surface area contributed by atoms with Gasteiger partial charge in [-0.15, -0.1) is 0 Å². The number of hydrogen-bond acceptors (Lipinski definition) is 1. The minimum Gasteiger partial charge on any atom is -0.265 e. The van der Waals surface area contributed by atoms with Crippen LogP contribution in [0.2, 0.25) is 0 Å². The molecule has 0 aliphatic carbocycles. The van der Waals surface area contributed by atoms with Crippen molar-refractivity contribution in [3.05, 3.63) is 30.3 Å². The van der Waals surface area contributed by atoms with Gasteiger partial charge >= 0.3 is 0 Å². The molecule has 0 saturated heterocycles. The first kappa shape index (κ1) is 3.13. The van der Waals surface area contributed by atoms with Gasteiger partial charge in [-0.3, -0.25) is 4.98 Å². The molecule has 0 unspecified atom stereocenters. The van der Waals surface area contributed by atoms with Crippen molar-refractivity contribution in [1.29, 1.82) is 0 Å². The number of aromatic nitrogens is 1. The van der Waals surface area contributed by atoms with E-state index in [9.17, 15) is 4.39 Å². The van der Waals surface area contributed by atoms with Crippen molar-refractivity contribution in [1.82, 2.24) is 4.98 Å². The van der Waals surface area contributed by atoms with E-state index >= 15 is 0 Å². The van der Waals surface area contributed by atoms with Crippen molar-refractivity contribution >= 4 is 0 Å². The predicted octanol–water partition coefficient (Wildman–Crippen LogP) is 1.22. The van der Waals surface area contributed by atoms with Crippen LogP contribution >= 0.6 is 0 Å². The van der Waals surface area contributed by atoms with Crippen molar-refractivity contribution in [2.45, 2.75) is 0 Å². The maximum atomic E-state index is 12.0. The summed E-state index contributed by atoms with van der Waals surface area (Å²) in [6.07, 6.45) is 1.22. The Morgan fingerprint density at radius 1 is 1.71 bits per heavy atom. The predicted molar refractivity (Wildman–Crippen MR) is 24.2 cm³/mol. The fourth-order valence-corrected chi connectivity index (χ4v) is 0.299. The van der Waals surface area contributed by atoms with E-state index in [1.165, 1.54) is 12.3 Å². The van der Waals surface area contributed by atoms with Gasteiger partial charge in [0.25, 0.3) is 0 Å². The van der Waals surface area contributed by atoms with Gasteiger partial charge < -0.3 is 0 Å². The van der Waals surface area contributed by atoms with Crippen molar-refractivity contribution in [2.75, 3.05) is 0 Å². The van der Waals surface area contributed by atoms with Gasteiger partial charge in [0.15, 0.2) is 0 Å². The van der Waals surface area contributed by atoms with Gasteiger partial charge in [0, 0.05) is 12.4 Å². The lowest BCUT2D eigenvalue weighted by Crippen LogP contribution is -1.69. The Balaban J connectivity index is 3.08. The molecule has 0 aliphatic heterocycles. The van der Waals surface area contributed by atoms with Gasteiger partial charge in [-0.2, -0.15) is 0 Å². The number of hydrogen-bond donors (Lipinski definition) is 0. The molecule has 2 heteroatoms. The fourth-order valence-electron chi connectivity index (χ4n) is 0.299. The second-order valence-electron chi connectivity index (χ2n) is 1.10. The van der Waals surface area contributed by atoms with Crippen LogP contribution in [-0.4, -0.2) is 4.98 Å². The summed E-state index contributed by atoms with van der Waals surface area (Å²) >= 11 is 0. The lowest BCUT2D eigenvalue weighted by Gasteiger charge is -1.78. The Bertz CT molecular complexity index is 172. The number of rotatable bonds is 0. The Morgan fingerprint density at radius 2 is 2.57 bits per heavy atom. The average molecular weight is 98.1 g/mol. The van der Waals surface area contributed by atoms with Gasteiger partial charge in [0.2, 0.25) is 0 Å². The summed E-state index contributed by atoms with van der Waals surface area (Å²) in [7, 11) is 0. The monoisotopic (exact) mass is 98.0 g/mol. The molecule has 1 rings (SSSR count). The normalized spacial score (nSPS) is 10.7. The standard InChI is InChI=1S/C5H4FN/c6-5-1-3-7-4-2-5/h1-4H/i3D. The summed E-state index contributed by atoms with van der Waals surface area (Å²) < 4.78 is 18.8. The first-order valence-electron chi connectivity index (χ1n) is 2.37. The van der Waals surface area contributed by atoms with Gasteiger partial charge in [0.05, 0.1) is 1.37 Å². The third-order valence-corrected chi connectivity index (χ3v) is 0.585. The summed E-state index contributed by atoms with van der Waals surface area (Å²) in [6, 6.07) is 2.26. The quantitative estimate of drug-likeness (QED) is 0.475. The van der Waals surface area contributed by atoms with Crippen LogP contribution in [0.5, 0.6) is 0 Å². The molecule has 0 N–H and O–H groups in total. The average Bonchev–Trinajstić information content (AvgIpc) is 1.64. The molecule has 0 fully saturated rings. The largest absolute Gasteiger partial charge is 0.265 e. The van der Waals surface area contributed by atoms with E-state index in [0.29, 0.717) is 0 Å². The highest BCUT2D eigenvalue weighted by Crippen LogP contribution is 1.88. The molecule has 0 amide bonds. The van der Waals surface area contributed by atoms with Crippen LogP contribution in [0.3, 0.4) is 0 Å². The van der Waals surface area contributed by atoms with E-state index in [1.54, 1.807) is 0 Å². The molecule has 0 saturated carbocycles. The molecule has 0 aliphatic rings. The molecule has 7 heavy (non-hydrogen) atoms. The number of nitrogens with zero attached hydrogens (tertiary/aromatic N) is 1. The van der Waals surface area contributed by atoms with Gasteiger partial charge in [-0.25, -0.2) is 4.39 Å². The maximum absolute atomic E-state index is 12.0. The Morgan fingerprint density at radius 3 is 3.00 bits per heavy atom. The SMILES string of the molecule is [2H]c1cc(F)ccn1. The van der Waals surface area contributed by atoms with Crippen molar-refractivity contribution < 1.29 is 5.76 Å². The van der Waals surface area contributed by atoms with Gasteiger partial charge in [-0.05, 0) is 12.1 Å². The third kappa shape index (κ3) is 0.961. The van der Waals surface area contributed by atoms with Crippen LogP contribution in [-0.2, 0) is 0 Å². The second kappa shape index (κ2) is 1.69. The maximum Gasteiger partial charge on any atom is 0.126 e. The van der Waals surface area contributed by atoms with Crippen molar-refractivity contribution in [2.24, 2.45) is 0 Å². The summed E-state index contributed by atoms with van der Waals surface area (Å²) in [6.45, 7) is 0. The van der Waals surface area contributed by atoms with E-state index in [4.69, 9.17) is 1.37 Å². The zero-order chi connectivity index (χ0) is 5.98. The molecule has 0 aromatic carbocycles. The summed E-state index contributed by atoms with van der Waals surface area (Å²) in [5.74, 6) is -0.412. The van der Waals surface area contributed by atoms with E-state index in [-0.39, 0.29) is 6.17 Å². The first-order valence-corrected chi connectivity index (χ1v) is 1.87. The highest BCUT2D eigenvalue weighted by Gasteiger charge is 1.78. The molecule has 1 heterocycles. The molecule has 36 valence electrons. The lowest BCUT2D eigenvalue weighted by atomic mass is 10.5. The fraction of sp³-hybridized carbons (Fsp3) is 0. The Kier molecular flexibility index (Phi) is 0.754. The Hall–Kier alpha value is -0.920. The van der Waals surface area contributed by atoms with Crippen molar-refractivity contribution in [3.63, 3.8) is 0 Å². The molecule has 1 aromatic heterocycles. The summed E-state index contributed by atoms with van der Waals surface area (Å²) in [4.78, 5) is 3.47. The molecule has 0 radical (unpaired) electrons. The van der Waals surface area contributed by atoms with E-state index in [2.05, 4.69) is 4.98 Å². The topological polar surface area (TPSA) is 12.9 Å². The van der Waals surface area contributed by atoms with Crippen LogP contribution < -0.4 is 0 Å². The lowest BCUT2D eigenvalue weighted by molar-refractivity contribution is 0.625. The highest BCUT2D eigenvalue weighted by atomic mass is 19.1. The van der Waals surface area contributed by atoms with Crippen LogP contribution in [0, 0.1) is 5.82 Å². The van der Waals surface area contributed by atoms with Gasteiger partial charge in [0.1, 0.15) is 5.82 Å². The van der Waals surface area contributed by atoms with Crippen LogP contribution in [0.1, 0.15) is 1.37 Å².